The highest BCUT2D eigenvalue weighted by atomic mass is 19.1. The molecule has 1 heterocycles. The number of anilines is 1. The van der Waals surface area contributed by atoms with Gasteiger partial charge in [0.15, 0.2) is 11.6 Å². The zero-order valence-corrected chi connectivity index (χ0v) is 9.41. The van der Waals surface area contributed by atoms with Gasteiger partial charge in [-0.05, 0) is 13.0 Å². The van der Waals surface area contributed by atoms with Crippen molar-refractivity contribution in [3.63, 3.8) is 0 Å². The minimum absolute atomic E-state index is 0.0542. The van der Waals surface area contributed by atoms with Gasteiger partial charge in [-0.3, -0.25) is 4.57 Å². The molecule has 7 nitrogen and oxygen atoms in total. The summed E-state index contributed by atoms with van der Waals surface area (Å²) in [5, 5.41) is 28.5. The molecule has 0 aliphatic heterocycles. The topological polar surface area (TPSA) is 122 Å². The summed E-state index contributed by atoms with van der Waals surface area (Å²) in [4.78, 5) is 15.0. The Labute approximate surface area is 101 Å². The minimum atomic E-state index is -1.92. The van der Waals surface area contributed by atoms with E-state index in [1.54, 1.807) is 0 Å². The molecule has 0 unspecified atom stereocenters. The summed E-state index contributed by atoms with van der Waals surface area (Å²) in [5.41, 5.74) is 2.49. The fourth-order valence-corrected chi connectivity index (χ4v) is 1.99. The largest absolute Gasteiger partial charge is 0.507 e. The Kier molecular flexibility index (Phi) is 2.63. The molecule has 0 radical (unpaired) electrons. The summed E-state index contributed by atoms with van der Waals surface area (Å²) in [5.74, 6) is -2.23. The van der Waals surface area contributed by atoms with Gasteiger partial charge in [-0.25, -0.2) is 9.18 Å². The van der Waals surface area contributed by atoms with Crippen LogP contribution >= 0.6 is 0 Å². The van der Waals surface area contributed by atoms with Crippen LogP contribution in [0.15, 0.2) is 28.6 Å². The van der Waals surface area contributed by atoms with Gasteiger partial charge in [0.2, 0.25) is 0 Å². The molecule has 2 rings (SSSR count). The van der Waals surface area contributed by atoms with E-state index in [0.717, 1.165) is 10.8 Å². The molecule has 3 atom stereocenters. The van der Waals surface area contributed by atoms with Gasteiger partial charge in [0.25, 0.3) is 0 Å². The highest BCUT2D eigenvalue weighted by molar-refractivity contribution is 5.31. The fourth-order valence-electron chi connectivity index (χ4n) is 1.99. The van der Waals surface area contributed by atoms with E-state index >= 15 is 0 Å². The second kappa shape index (κ2) is 3.79. The predicted molar refractivity (Wildman–Crippen MR) is 59.3 cm³/mol. The SMILES string of the molecule is C[C@@]1(n2ccc(N)nc2=O)C(F)=C(O)[C@H](O)[C@H]1O. The van der Waals surface area contributed by atoms with Crippen LogP contribution in [0.5, 0.6) is 0 Å². The van der Waals surface area contributed by atoms with E-state index in [9.17, 15) is 24.5 Å². The first kappa shape index (κ1) is 12.5. The Morgan fingerprint density at radius 2 is 2.17 bits per heavy atom. The minimum Gasteiger partial charge on any atom is -0.507 e. The molecule has 1 aliphatic carbocycles. The van der Waals surface area contributed by atoms with Crippen LogP contribution in [0.3, 0.4) is 0 Å². The van der Waals surface area contributed by atoms with Crippen LogP contribution in [0.25, 0.3) is 0 Å². The van der Waals surface area contributed by atoms with Crippen LogP contribution in [0.1, 0.15) is 6.92 Å². The molecule has 0 fully saturated rings. The number of hydrogen-bond acceptors (Lipinski definition) is 6. The van der Waals surface area contributed by atoms with Crippen molar-refractivity contribution in [2.75, 3.05) is 5.73 Å². The lowest BCUT2D eigenvalue weighted by molar-refractivity contribution is -0.0181. The number of nitrogen functional groups attached to an aromatic ring is 1. The molecule has 0 saturated heterocycles. The smallest absolute Gasteiger partial charge is 0.350 e. The van der Waals surface area contributed by atoms with Gasteiger partial charge in [-0.15, -0.1) is 0 Å². The number of hydrogen-bond donors (Lipinski definition) is 4. The molecule has 0 bridgehead atoms. The van der Waals surface area contributed by atoms with Crippen molar-refractivity contribution in [1.82, 2.24) is 9.55 Å². The summed E-state index contributed by atoms with van der Waals surface area (Å²) >= 11 is 0. The molecule has 1 aromatic heterocycles. The monoisotopic (exact) mass is 257 g/mol. The zero-order valence-electron chi connectivity index (χ0n) is 9.41. The molecular formula is C10H12FN3O4. The van der Waals surface area contributed by atoms with Crippen molar-refractivity contribution in [1.29, 1.82) is 0 Å². The number of aromatic nitrogens is 2. The Balaban J connectivity index is 2.66. The molecule has 18 heavy (non-hydrogen) atoms. The summed E-state index contributed by atoms with van der Waals surface area (Å²) in [6.45, 7) is 1.17. The first-order valence-electron chi connectivity index (χ1n) is 5.11. The Morgan fingerprint density at radius 1 is 1.56 bits per heavy atom. The first-order valence-corrected chi connectivity index (χ1v) is 5.11. The lowest BCUT2D eigenvalue weighted by Crippen LogP contribution is -2.49. The molecule has 0 saturated carbocycles. The summed E-state index contributed by atoms with van der Waals surface area (Å²) in [6, 6.07) is 1.24. The van der Waals surface area contributed by atoms with E-state index in [4.69, 9.17) is 5.73 Å². The fraction of sp³-hybridized carbons (Fsp3) is 0.400. The second-order valence-corrected chi connectivity index (χ2v) is 4.24. The van der Waals surface area contributed by atoms with E-state index < -0.39 is 35.0 Å². The third-order valence-corrected chi connectivity index (χ3v) is 3.15. The van der Waals surface area contributed by atoms with Crippen molar-refractivity contribution in [2.24, 2.45) is 0 Å². The summed E-state index contributed by atoms with van der Waals surface area (Å²) in [6.07, 6.45) is -2.36. The molecular weight excluding hydrogens is 245 g/mol. The molecule has 8 heteroatoms. The van der Waals surface area contributed by atoms with Crippen molar-refractivity contribution >= 4 is 5.82 Å². The summed E-state index contributed by atoms with van der Waals surface area (Å²) in [7, 11) is 0. The van der Waals surface area contributed by atoms with Crippen molar-refractivity contribution < 1.29 is 19.7 Å². The van der Waals surface area contributed by atoms with Crippen LogP contribution < -0.4 is 11.4 Å². The van der Waals surface area contributed by atoms with Crippen LogP contribution in [-0.4, -0.2) is 37.1 Å². The van der Waals surface area contributed by atoms with Gasteiger partial charge in [0, 0.05) is 6.20 Å². The van der Waals surface area contributed by atoms with Crippen molar-refractivity contribution in [3.05, 3.63) is 34.3 Å². The molecule has 98 valence electrons. The number of aliphatic hydroxyl groups is 3. The number of nitrogens with two attached hydrogens (primary N) is 1. The maximum Gasteiger partial charge on any atom is 0.350 e. The summed E-state index contributed by atoms with van der Waals surface area (Å²) < 4.78 is 14.7. The van der Waals surface area contributed by atoms with Crippen LogP contribution in [0.2, 0.25) is 0 Å². The van der Waals surface area contributed by atoms with E-state index in [1.807, 2.05) is 0 Å². The third kappa shape index (κ3) is 1.42. The normalized spacial score (nSPS) is 32.0. The highest BCUT2D eigenvalue weighted by Gasteiger charge is 2.53. The van der Waals surface area contributed by atoms with E-state index in [1.165, 1.54) is 13.0 Å². The molecule has 0 aromatic carbocycles. The molecule has 0 spiro atoms. The zero-order chi connectivity index (χ0) is 13.7. The Hall–Kier alpha value is -1.93. The van der Waals surface area contributed by atoms with Gasteiger partial charge in [0.05, 0.1) is 0 Å². The van der Waals surface area contributed by atoms with Gasteiger partial charge >= 0.3 is 5.69 Å². The van der Waals surface area contributed by atoms with Crippen LogP contribution in [-0.2, 0) is 5.54 Å². The van der Waals surface area contributed by atoms with Gasteiger partial charge < -0.3 is 21.1 Å². The van der Waals surface area contributed by atoms with E-state index in [-0.39, 0.29) is 5.82 Å². The maximum atomic E-state index is 13.9. The van der Waals surface area contributed by atoms with Crippen LogP contribution in [0.4, 0.5) is 10.2 Å². The molecule has 1 aliphatic rings. The van der Waals surface area contributed by atoms with Gasteiger partial charge in [-0.1, -0.05) is 0 Å². The van der Waals surface area contributed by atoms with Crippen LogP contribution in [0, 0.1) is 0 Å². The van der Waals surface area contributed by atoms with Crippen molar-refractivity contribution in [3.8, 4) is 0 Å². The highest BCUT2D eigenvalue weighted by Crippen LogP contribution is 2.40. The number of aliphatic hydroxyl groups excluding tert-OH is 3. The van der Waals surface area contributed by atoms with Gasteiger partial charge in [-0.2, -0.15) is 4.98 Å². The first-order chi connectivity index (χ1) is 8.30. The average molecular weight is 257 g/mol. The van der Waals surface area contributed by atoms with Crippen molar-refractivity contribution in [2.45, 2.75) is 24.7 Å². The second-order valence-electron chi connectivity index (χ2n) is 4.24. The number of halogens is 1. The van der Waals surface area contributed by atoms with E-state index in [2.05, 4.69) is 4.98 Å². The van der Waals surface area contributed by atoms with E-state index in [0.29, 0.717) is 0 Å². The Morgan fingerprint density at radius 3 is 2.61 bits per heavy atom. The van der Waals surface area contributed by atoms with Gasteiger partial charge in [0.1, 0.15) is 23.6 Å². The predicted octanol–water partition coefficient (Wildman–Crippen LogP) is -0.985. The third-order valence-electron chi connectivity index (χ3n) is 3.15. The quantitative estimate of drug-likeness (QED) is 0.512. The average Bonchev–Trinajstić information content (AvgIpc) is 2.46. The number of nitrogens with zero attached hydrogens (tertiary/aromatic N) is 2. The Bertz CT molecular complexity index is 585. The maximum absolute atomic E-state index is 13.9. The lowest BCUT2D eigenvalue weighted by atomic mass is 9.96. The number of rotatable bonds is 1. The molecule has 1 aromatic rings. The standard InChI is InChI=1S/C10H12FN3O4/c1-10(7(11)5(15)6(16)8(10)17)14-3-2-4(12)13-9(14)18/h2-3,6,8,15-17H,1H3,(H2,12,13,18)/t6-,8+,10+/m0/s1. The molecule has 0 amide bonds. The molecule has 5 N–H and O–H groups in total. The lowest BCUT2D eigenvalue weighted by Gasteiger charge is -2.30.